The number of morpholine rings is 1. The molecule has 0 radical (unpaired) electrons. The molecule has 2 fully saturated rings. The molecule has 0 saturated carbocycles. The maximum atomic E-state index is 12.0. The molecule has 2 aliphatic rings. The van der Waals surface area contributed by atoms with Gasteiger partial charge in [0.15, 0.2) is 6.10 Å². The quantitative estimate of drug-likeness (QED) is 0.467. The van der Waals surface area contributed by atoms with Gasteiger partial charge in [0.05, 0.1) is 19.8 Å². The summed E-state index contributed by atoms with van der Waals surface area (Å²) in [6.45, 7) is 1.66. The van der Waals surface area contributed by atoms with E-state index in [1.54, 1.807) is 0 Å². The van der Waals surface area contributed by atoms with E-state index in [9.17, 15) is 20.1 Å². The van der Waals surface area contributed by atoms with Crippen molar-refractivity contribution >= 4 is 5.91 Å². The third-order valence-electron chi connectivity index (χ3n) is 3.07. The van der Waals surface area contributed by atoms with Crippen LogP contribution in [-0.2, 0) is 14.3 Å². The predicted molar refractivity (Wildman–Crippen MR) is 55.2 cm³/mol. The molecule has 0 aromatic carbocycles. The summed E-state index contributed by atoms with van der Waals surface area (Å²) in [7, 11) is 0. The van der Waals surface area contributed by atoms with E-state index >= 15 is 0 Å². The molecule has 98 valence electrons. The molecule has 2 heterocycles. The summed E-state index contributed by atoms with van der Waals surface area (Å²) in [5.74, 6) is -0.369. The van der Waals surface area contributed by atoms with Crippen molar-refractivity contribution in [2.75, 3.05) is 32.9 Å². The molecule has 7 heteroatoms. The van der Waals surface area contributed by atoms with Crippen molar-refractivity contribution in [3.05, 3.63) is 0 Å². The van der Waals surface area contributed by atoms with Crippen molar-refractivity contribution in [1.82, 2.24) is 4.90 Å². The maximum Gasteiger partial charge on any atom is 0.254 e. The highest BCUT2D eigenvalue weighted by Gasteiger charge is 2.43. The minimum Gasteiger partial charge on any atom is -0.388 e. The zero-order valence-electron chi connectivity index (χ0n) is 9.36. The first-order chi connectivity index (χ1) is 8.11. The third kappa shape index (κ3) is 2.58. The Labute approximate surface area is 98.5 Å². The summed E-state index contributed by atoms with van der Waals surface area (Å²) in [5, 5.41) is 28.5. The molecule has 2 saturated heterocycles. The van der Waals surface area contributed by atoms with E-state index in [0.717, 1.165) is 0 Å². The van der Waals surface area contributed by atoms with Crippen LogP contribution in [-0.4, -0.2) is 83.5 Å². The number of carbonyl (C=O) groups excluding carboxylic acids is 1. The summed E-state index contributed by atoms with van der Waals surface area (Å²) in [5.41, 5.74) is 0. The maximum absolute atomic E-state index is 12.0. The average Bonchev–Trinajstić information content (AvgIpc) is 2.36. The fourth-order valence-corrected chi connectivity index (χ4v) is 1.99. The molecular formula is C10H17NO6. The lowest BCUT2D eigenvalue weighted by Crippen LogP contribution is -2.59. The Hall–Kier alpha value is -0.730. The standard InChI is InChI=1S/C10H17NO6/c12-6-5-17-9(8(14)7(6)13)10(15)11-1-3-16-4-2-11/h6-9,12-14H,1-5H2/t6-,7+,8+,9+/m1/s1. The Morgan fingerprint density at radius 3 is 2.41 bits per heavy atom. The van der Waals surface area contributed by atoms with Crippen LogP contribution in [0.15, 0.2) is 0 Å². The van der Waals surface area contributed by atoms with Crippen LogP contribution in [0.1, 0.15) is 0 Å². The minimum atomic E-state index is -1.39. The Kier molecular flexibility index (Phi) is 3.95. The SMILES string of the molecule is O=C([C@H]1OC[C@@H](O)[C@H](O)[C@@H]1O)N1CCOCC1. The first-order valence-electron chi connectivity index (χ1n) is 5.63. The van der Waals surface area contributed by atoms with E-state index in [1.165, 1.54) is 4.90 Å². The van der Waals surface area contributed by atoms with Crippen LogP contribution in [0, 0.1) is 0 Å². The molecule has 7 nitrogen and oxygen atoms in total. The largest absolute Gasteiger partial charge is 0.388 e. The predicted octanol–water partition coefficient (Wildman–Crippen LogP) is -2.67. The van der Waals surface area contributed by atoms with Crippen LogP contribution in [0.3, 0.4) is 0 Å². The van der Waals surface area contributed by atoms with Gasteiger partial charge in [-0.15, -0.1) is 0 Å². The summed E-state index contributed by atoms with van der Waals surface area (Å²) >= 11 is 0. The van der Waals surface area contributed by atoms with Crippen molar-refractivity contribution < 1.29 is 29.6 Å². The highest BCUT2D eigenvalue weighted by atomic mass is 16.5. The number of aliphatic hydroxyl groups is 3. The Morgan fingerprint density at radius 2 is 1.76 bits per heavy atom. The van der Waals surface area contributed by atoms with Crippen LogP contribution < -0.4 is 0 Å². The zero-order valence-corrected chi connectivity index (χ0v) is 9.36. The number of aliphatic hydroxyl groups excluding tert-OH is 3. The molecule has 2 rings (SSSR count). The smallest absolute Gasteiger partial charge is 0.254 e. The molecule has 3 N–H and O–H groups in total. The van der Waals surface area contributed by atoms with Gasteiger partial charge in [-0.2, -0.15) is 0 Å². The molecule has 0 aromatic heterocycles. The molecule has 0 spiro atoms. The zero-order chi connectivity index (χ0) is 12.4. The molecule has 17 heavy (non-hydrogen) atoms. The molecule has 0 bridgehead atoms. The van der Waals surface area contributed by atoms with Gasteiger partial charge in [-0.25, -0.2) is 0 Å². The van der Waals surface area contributed by atoms with Crippen LogP contribution >= 0.6 is 0 Å². The van der Waals surface area contributed by atoms with Gasteiger partial charge in [0.25, 0.3) is 5.91 Å². The van der Waals surface area contributed by atoms with Crippen LogP contribution in [0.2, 0.25) is 0 Å². The summed E-state index contributed by atoms with van der Waals surface area (Å²) in [6.07, 6.45) is -5.00. The minimum absolute atomic E-state index is 0.154. The van der Waals surface area contributed by atoms with E-state index < -0.39 is 24.4 Å². The summed E-state index contributed by atoms with van der Waals surface area (Å²) in [4.78, 5) is 13.5. The van der Waals surface area contributed by atoms with Gasteiger partial charge in [-0.05, 0) is 0 Å². The van der Waals surface area contributed by atoms with Crippen molar-refractivity contribution in [3.8, 4) is 0 Å². The van der Waals surface area contributed by atoms with Gasteiger partial charge < -0.3 is 29.7 Å². The lowest BCUT2D eigenvalue weighted by atomic mass is 9.99. The van der Waals surface area contributed by atoms with E-state index in [1.807, 2.05) is 0 Å². The second kappa shape index (κ2) is 5.28. The Balaban J connectivity index is 1.98. The van der Waals surface area contributed by atoms with E-state index in [-0.39, 0.29) is 12.5 Å². The molecule has 1 amide bonds. The number of nitrogens with zero attached hydrogens (tertiary/aromatic N) is 1. The summed E-state index contributed by atoms with van der Waals surface area (Å²) in [6, 6.07) is 0. The average molecular weight is 247 g/mol. The molecular weight excluding hydrogens is 230 g/mol. The highest BCUT2D eigenvalue weighted by Crippen LogP contribution is 2.18. The van der Waals surface area contributed by atoms with Gasteiger partial charge >= 0.3 is 0 Å². The Morgan fingerprint density at radius 1 is 1.12 bits per heavy atom. The fraction of sp³-hybridized carbons (Fsp3) is 0.900. The fourth-order valence-electron chi connectivity index (χ4n) is 1.99. The second-order valence-corrected chi connectivity index (χ2v) is 4.24. The van der Waals surface area contributed by atoms with E-state index in [2.05, 4.69) is 0 Å². The van der Waals surface area contributed by atoms with Gasteiger partial charge in [-0.1, -0.05) is 0 Å². The van der Waals surface area contributed by atoms with Crippen LogP contribution in [0.4, 0.5) is 0 Å². The van der Waals surface area contributed by atoms with Crippen molar-refractivity contribution in [2.24, 2.45) is 0 Å². The molecule has 2 aliphatic heterocycles. The van der Waals surface area contributed by atoms with E-state index in [0.29, 0.717) is 26.3 Å². The molecule has 0 unspecified atom stereocenters. The number of hydrogen-bond acceptors (Lipinski definition) is 6. The third-order valence-corrected chi connectivity index (χ3v) is 3.07. The van der Waals surface area contributed by atoms with Crippen molar-refractivity contribution in [1.29, 1.82) is 0 Å². The van der Waals surface area contributed by atoms with Crippen LogP contribution in [0.25, 0.3) is 0 Å². The van der Waals surface area contributed by atoms with Crippen LogP contribution in [0.5, 0.6) is 0 Å². The van der Waals surface area contributed by atoms with Gasteiger partial charge in [0.1, 0.15) is 18.3 Å². The van der Waals surface area contributed by atoms with Gasteiger partial charge in [-0.3, -0.25) is 4.79 Å². The van der Waals surface area contributed by atoms with Gasteiger partial charge in [0.2, 0.25) is 0 Å². The molecule has 0 aromatic rings. The first kappa shape index (κ1) is 12.7. The number of rotatable bonds is 1. The highest BCUT2D eigenvalue weighted by molar-refractivity contribution is 5.82. The number of hydrogen-bond donors (Lipinski definition) is 3. The Bertz CT molecular complexity index is 280. The summed E-state index contributed by atoms with van der Waals surface area (Å²) < 4.78 is 10.2. The molecule has 4 atom stereocenters. The lowest BCUT2D eigenvalue weighted by molar-refractivity contribution is -0.199. The van der Waals surface area contributed by atoms with Crippen molar-refractivity contribution in [3.63, 3.8) is 0 Å². The van der Waals surface area contributed by atoms with Crippen molar-refractivity contribution in [2.45, 2.75) is 24.4 Å². The number of ether oxygens (including phenoxy) is 2. The number of amides is 1. The monoisotopic (exact) mass is 247 g/mol. The topological polar surface area (TPSA) is 99.5 Å². The molecule has 0 aliphatic carbocycles. The van der Waals surface area contributed by atoms with Gasteiger partial charge in [0, 0.05) is 13.1 Å². The number of carbonyl (C=O) groups is 1. The normalized spacial score (nSPS) is 39.1. The lowest BCUT2D eigenvalue weighted by Gasteiger charge is -2.37. The second-order valence-electron chi connectivity index (χ2n) is 4.24. The first-order valence-corrected chi connectivity index (χ1v) is 5.63. The van der Waals surface area contributed by atoms with E-state index in [4.69, 9.17) is 9.47 Å².